The lowest BCUT2D eigenvalue weighted by Crippen LogP contribution is -2.47. The molecular weight excluding hydrogens is 258 g/mol. The van der Waals surface area contributed by atoms with Crippen LogP contribution < -0.4 is 10.3 Å². The monoisotopic (exact) mass is 270 g/mol. The molecule has 0 aliphatic carbocycles. The van der Waals surface area contributed by atoms with Crippen LogP contribution in [0.4, 0.5) is 10.5 Å². The molecule has 1 atom stereocenters. The van der Waals surface area contributed by atoms with E-state index in [0.717, 1.165) is 11.3 Å². The van der Waals surface area contributed by atoms with Gasteiger partial charge in [-0.25, -0.2) is 4.79 Å². The standard InChI is InChI=1S/C10H11N3O4S/c1-3-13(10(15)16)5-4-6(9(14)17-2)18-7(5)8(11)12-13/h4H,3H2,1-2H3,(H2-,11,12,15,16)/p+1. The summed E-state index contributed by atoms with van der Waals surface area (Å²) in [6, 6.07) is 1.48. The molecule has 2 heterocycles. The summed E-state index contributed by atoms with van der Waals surface area (Å²) >= 11 is 1.09. The highest BCUT2D eigenvalue weighted by Crippen LogP contribution is 2.40. The number of hydrogen-bond donors (Lipinski definition) is 2. The Morgan fingerprint density at radius 2 is 2.28 bits per heavy atom. The van der Waals surface area contributed by atoms with Crippen molar-refractivity contribution in [1.29, 1.82) is 0 Å². The Balaban J connectivity index is 2.60. The highest BCUT2D eigenvalue weighted by atomic mass is 32.1. The number of carboxylic acid groups (broad SMARTS) is 1. The van der Waals surface area contributed by atoms with Gasteiger partial charge in [-0.15, -0.1) is 11.3 Å². The second-order valence-corrected chi connectivity index (χ2v) is 4.72. The molecule has 2 rings (SSSR count). The minimum absolute atomic E-state index is 0.134. The number of esters is 1. The Morgan fingerprint density at radius 1 is 1.61 bits per heavy atom. The lowest BCUT2D eigenvalue weighted by atomic mass is 10.3. The molecule has 0 saturated carbocycles. The van der Waals surface area contributed by atoms with Gasteiger partial charge in [0.1, 0.15) is 16.3 Å². The SMILES string of the molecule is CC[N+]1(C(=O)O)N=C(N)c2sc(C(=O)OC)cc21. The largest absolute Gasteiger partial charge is 0.546 e. The minimum atomic E-state index is -1.13. The minimum Gasteiger partial charge on any atom is -0.465 e. The average Bonchev–Trinajstić information content (AvgIpc) is 2.88. The number of quaternary nitrogens is 1. The molecule has 7 nitrogen and oxygen atoms in total. The number of fused-ring (bicyclic) bond motifs is 1. The van der Waals surface area contributed by atoms with Crippen LogP contribution >= 0.6 is 11.3 Å². The highest BCUT2D eigenvalue weighted by molar-refractivity contribution is 7.16. The number of rotatable bonds is 2. The molecule has 0 spiro atoms. The van der Waals surface area contributed by atoms with Crippen molar-refractivity contribution >= 4 is 34.9 Å². The summed E-state index contributed by atoms with van der Waals surface area (Å²) in [4.78, 5) is 23.7. The maximum absolute atomic E-state index is 11.4. The molecule has 18 heavy (non-hydrogen) atoms. The van der Waals surface area contributed by atoms with Crippen LogP contribution in [-0.2, 0) is 4.74 Å². The van der Waals surface area contributed by atoms with Crippen LogP contribution in [0.3, 0.4) is 0 Å². The van der Waals surface area contributed by atoms with Crippen molar-refractivity contribution in [1.82, 2.24) is 4.59 Å². The number of amidine groups is 1. The molecule has 8 heteroatoms. The van der Waals surface area contributed by atoms with Crippen LogP contribution in [-0.4, -0.2) is 36.7 Å². The van der Waals surface area contributed by atoms with Gasteiger partial charge in [-0.2, -0.15) is 4.79 Å². The van der Waals surface area contributed by atoms with E-state index in [1.54, 1.807) is 6.92 Å². The van der Waals surface area contributed by atoms with Gasteiger partial charge in [-0.3, -0.25) is 0 Å². The first-order chi connectivity index (χ1) is 8.46. The zero-order valence-corrected chi connectivity index (χ0v) is 10.7. The van der Waals surface area contributed by atoms with Crippen molar-refractivity contribution in [3.63, 3.8) is 0 Å². The first-order valence-corrected chi connectivity index (χ1v) is 5.98. The molecule has 1 unspecified atom stereocenters. The van der Waals surface area contributed by atoms with Crippen LogP contribution in [0.5, 0.6) is 0 Å². The number of amides is 1. The third kappa shape index (κ3) is 1.50. The van der Waals surface area contributed by atoms with E-state index in [-0.39, 0.29) is 12.4 Å². The Morgan fingerprint density at radius 3 is 2.78 bits per heavy atom. The van der Waals surface area contributed by atoms with Gasteiger partial charge in [0.15, 0.2) is 5.69 Å². The molecule has 1 aliphatic heterocycles. The van der Waals surface area contributed by atoms with Gasteiger partial charge >= 0.3 is 12.1 Å². The van der Waals surface area contributed by atoms with E-state index in [2.05, 4.69) is 9.84 Å². The molecule has 0 fully saturated rings. The van der Waals surface area contributed by atoms with Gasteiger partial charge in [0.05, 0.1) is 7.11 Å². The molecular formula is C10H12N3O4S+. The molecule has 0 aromatic carbocycles. The average molecular weight is 270 g/mol. The molecule has 0 saturated heterocycles. The van der Waals surface area contributed by atoms with E-state index >= 15 is 0 Å². The molecule has 96 valence electrons. The zero-order valence-electron chi connectivity index (χ0n) is 9.84. The van der Waals surface area contributed by atoms with E-state index < -0.39 is 16.7 Å². The number of thiophene rings is 1. The quantitative estimate of drug-likeness (QED) is 0.620. The highest BCUT2D eigenvalue weighted by Gasteiger charge is 2.48. The third-order valence-electron chi connectivity index (χ3n) is 2.78. The molecule has 1 aromatic heterocycles. The van der Waals surface area contributed by atoms with Crippen LogP contribution in [0, 0.1) is 0 Å². The molecule has 1 aliphatic rings. The summed E-state index contributed by atoms with van der Waals surface area (Å²) in [5, 5.41) is 13.3. The number of ether oxygens (including phenoxy) is 1. The van der Waals surface area contributed by atoms with Gasteiger partial charge in [0, 0.05) is 6.07 Å². The van der Waals surface area contributed by atoms with Crippen LogP contribution in [0.2, 0.25) is 0 Å². The number of nitrogens with two attached hydrogens (primary N) is 1. The van der Waals surface area contributed by atoms with Crippen molar-refractivity contribution in [3.05, 3.63) is 15.8 Å². The van der Waals surface area contributed by atoms with Crippen LogP contribution in [0.25, 0.3) is 0 Å². The summed E-state index contributed by atoms with van der Waals surface area (Å²) in [5.74, 6) is -0.379. The lowest BCUT2D eigenvalue weighted by molar-refractivity contribution is 0.0606. The number of methoxy groups -OCH3 is 1. The Hall–Kier alpha value is -1.93. The molecule has 0 bridgehead atoms. The van der Waals surface area contributed by atoms with E-state index in [1.165, 1.54) is 13.2 Å². The van der Waals surface area contributed by atoms with E-state index in [9.17, 15) is 14.7 Å². The van der Waals surface area contributed by atoms with E-state index in [0.29, 0.717) is 15.4 Å². The predicted molar refractivity (Wildman–Crippen MR) is 66.7 cm³/mol. The number of carbonyl (C=O) groups excluding carboxylic acids is 1. The fraction of sp³-hybridized carbons (Fsp3) is 0.300. The fourth-order valence-electron chi connectivity index (χ4n) is 1.85. The van der Waals surface area contributed by atoms with Gasteiger partial charge in [-0.1, -0.05) is 4.59 Å². The van der Waals surface area contributed by atoms with Gasteiger partial charge in [-0.05, 0) is 12.0 Å². The summed E-state index contributed by atoms with van der Waals surface area (Å²) in [7, 11) is 1.27. The summed E-state index contributed by atoms with van der Waals surface area (Å²) < 4.78 is 3.98. The normalized spacial score (nSPS) is 21.3. The Kier molecular flexibility index (Phi) is 2.83. The smallest absolute Gasteiger partial charge is 0.465 e. The topological polar surface area (TPSA) is 102 Å². The predicted octanol–water partition coefficient (Wildman–Crippen LogP) is 1.17. The summed E-state index contributed by atoms with van der Waals surface area (Å²) in [5.41, 5.74) is 6.13. The third-order valence-corrected chi connectivity index (χ3v) is 3.91. The Bertz CT molecular complexity index is 565. The first-order valence-electron chi connectivity index (χ1n) is 5.16. The lowest BCUT2D eigenvalue weighted by Gasteiger charge is -2.19. The van der Waals surface area contributed by atoms with Gasteiger partial charge in [0.25, 0.3) is 0 Å². The second-order valence-electron chi connectivity index (χ2n) is 3.67. The fourth-order valence-corrected chi connectivity index (χ4v) is 2.86. The summed E-state index contributed by atoms with van der Waals surface area (Å²) in [6.45, 7) is 1.90. The van der Waals surface area contributed by atoms with Crippen molar-refractivity contribution in [2.45, 2.75) is 6.92 Å². The van der Waals surface area contributed by atoms with Gasteiger partial charge < -0.3 is 15.6 Å². The van der Waals surface area contributed by atoms with Crippen molar-refractivity contribution in [3.8, 4) is 0 Å². The van der Waals surface area contributed by atoms with Crippen molar-refractivity contribution < 1.29 is 19.4 Å². The van der Waals surface area contributed by atoms with Crippen LogP contribution in [0.15, 0.2) is 11.2 Å². The van der Waals surface area contributed by atoms with Crippen molar-refractivity contribution in [2.75, 3.05) is 13.7 Å². The zero-order chi connectivity index (χ0) is 13.5. The number of nitrogens with zero attached hydrogens (tertiary/aromatic N) is 2. The maximum Gasteiger partial charge on any atom is 0.546 e. The number of hydrogen-bond acceptors (Lipinski definition) is 6. The van der Waals surface area contributed by atoms with Gasteiger partial charge in [0.2, 0.25) is 5.84 Å². The summed E-state index contributed by atoms with van der Waals surface area (Å²) in [6.07, 6.45) is -1.13. The Labute approximate surface area is 107 Å². The second kappa shape index (κ2) is 4.07. The first kappa shape index (κ1) is 12.5. The van der Waals surface area contributed by atoms with E-state index in [1.807, 2.05) is 0 Å². The van der Waals surface area contributed by atoms with E-state index in [4.69, 9.17) is 5.73 Å². The molecule has 1 amide bonds. The number of carbonyl (C=O) groups is 2. The molecule has 1 aromatic rings. The molecule has 3 N–H and O–H groups in total. The maximum atomic E-state index is 11.4. The molecule has 0 radical (unpaired) electrons. The van der Waals surface area contributed by atoms with Crippen molar-refractivity contribution in [2.24, 2.45) is 10.8 Å². The van der Waals surface area contributed by atoms with Crippen LogP contribution in [0.1, 0.15) is 21.5 Å².